The van der Waals surface area contributed by atoms with Gasteiger partial charge in [-0.05, 0) is 48.6 Å². The van der Waals surface area contributed by atoms with Gasteiger partial charge in [-0.1, -0.05) is 64.4 Å². The maximum atomic E-state index is 11.9. The molecule has 0 aliphatic carbocycles. The van der Waals surface area contributed by atoms with Crippen molar-refractivity contribution in [1.29, 1.82) is 0 Å². The van der Waals surface area contributed by atoms with Crippen molar-refractivity contribution in [3.8, 4) is 11.5 Å². The molecule has 0 bridgehead atoms. The van der Waals surface area contributed by atoms with E-state index >= 15 is 0 Å². The number of benzene rings is 2. The average molecular weight is 501 g/mol. The highest BCUT2D eigenvalue weighted by Gasteiger charge is 2.22. The van der Waals surface area contributed by atoms with Crippen molar-refractivity contribution in [2.24, 2.45) is 0 Å². The third-order valence-electron chi connectivity index (χ3n) is 5.33. The van der Waals surface area contributed by atoms with E-state index in [1.807, 2.05) is 51.9 Å². The topological polar surface area (TPSA) is 89.9 Å². The number of carboxylic acids is 1. The van der Waals surface area contributed by atoms with Crippen LogP contribution in [0, 0.1) is 0 Å². The Morgan fingerprint density at radius 2 is 1.79 bits per heavy atom. The lowest BCUT2D eigenvalue weighted by Crippen LogP contribution is -2.12. The zero-order valence-corrected chi connectivity index (χ0v) is 20.8. The van der Waals surface area contributed by atoms with Crippen molar-refractivity contribution < 1.29 is 29.0 Å². The van der Waals surface area contributed by atoms with Gasteiger partial charge in [0.1, 0.15) is 11.5 Å². The Morgan fingerprint density at radius 3 is 2.41 bits per heavy atom. The predicted octanol–water partition coefficient (Wildman–Crippen LogP) is 6.20. The fourth-order valence-corrected chi connectivity index (χ4v) is 6.73. The van der Waals surface area contributed by atoms with E-state index in [2.05, 4.69) is 0 Å². The van der Waals surface area contributed by atoms with Gasteiger partial charge in [0.05, 0.1) is 5.92 Å². The number of hydrogen-bond acceptors (Lipinski definition) is 7. The fourth-order valence-electron chi connectivity index (χ4n) is 3.71. The summed E-state index contributed by atoms with van der Waals surface area (Å²) in [7, 11) is 3.82. The minimum Gasteiger partial charge on any atom is -0.481 e. The zero-order valence-electron chi connectivity index (χ0n) is 19.2. The monoisotopic (exact) mass is 500 g/mol. The summed E-state index contributed by atoms with van der Waals surface area (Å²) in [6.07, 6.45) is 7.37. The molecular formula is C26H28O6S2. The van der Waals surface area contributed by atoms with E-state index in [0.717, 1.165) is 24.0 Å². The Hall–Kier alpha value is -2.71. The third kappa shape index (κ3) is 7.95. The van der Waals surface area contributed by atoms with Crippen LogP contribution in [-0.2, 0) is 14.4 Å². The summed E-state index contributed by atoms with van der Waals surface area (Å²) in [6.45, 7) is 2.63. The zero-order chi connectivity index (χ0) is 24.5. The van der Waals surface area contributed by atoms with Gasteiger partial charge in [0.2, 0.25) is 0 Å². The van der Waals surface area contributed by atoms with Crippen molar-refractivity contribution in [1.82, 2.24) is 0 Å². The standard InChI is InChI=1S/C26H28O6S2/c1-17(27)31-22-12-13-25(32-18(2)28)21(16-22)11-8-19-6-9-20(10-7-19)24(26(29)30)5-3-4-23-14-15-33-34-23/h6-13,16,23-24H,3-5,14-15H2,1-2H3,(H,29,30). The highest BCUT2D eigenvalue weighted by Crippen LogP contribution is 2.40. The fraction of sp³-hybridized carbons (Fsp3) is 0.346. The molecule has 180 valence electrons. The van der Waals surface area contributed by atoms with Crippen LogP contribution in [0.5, 0.6) is 11.5 Å². The second kappa shape index (κ2) is 12.7. The maximum Gasteiger partial charge on any atom is 0.310 e. The quantitative estimate of drug-likeness (QED) is 0.178. The van der Waals surface area contributed by atoms with Crippen LogP contribution < -0.4 is 9.47 Å². The van der Waals surface area contributed by atoms with Crippen molar-refractivity contribution in [3.05, 3.63) is 59.2 Å². The third-order valence-corrected chi connectivity index (χ3v) is 8.34. The van der Waals surface area contributed by atoms with Crippen molar-refractivity contribution >= 4 is 51.6 Å². The van der Waals surface area contributed by atoms with Gasteiger partial charge in [0.25, 0.3) is 0 Å². The van der Waals surface area contributed by atoms with Crippen molar-refractivity contribution in [2.45, 2.75) is 50.7 Å². The van der Waals surface area contributed by atoms with Crippen LogP contribution in [-0.4, -0.2) is 34.0 Å². The first-order valence-corrected chi connectivity index (χ1v) is 13.5. The molecule has 1 heterocycles. The number of ether oxygens (including phenoxy) is 2. The Morgan fingerprint density at radius 1 is 1.06 bits per heavy atom. The molecule has 0 aromatic heterocycles. The second-order valence-corrected chi connectivity index (χ2v) is 10.8. The Balaban J connectivity index is 1.70. The maximum absolute atomic E-state index is 11.9. The molecule has 2 aromatic carbocycles. The summed E-state index contributed by atoms with van der Waals surface area (Å²) in [5, 5.41) is 10.4. The van der Waals surface area contributed by atoms with Gasteiger partial charge in [-0.25, -0.2) is 0 Å². The largest absolute Gasteiger partial charge is 0.481 e. The molecule has 0 amide bonds. The first-order valence-electron chi connectivity index (χ1n) is 11.1. The van der Waals surface area contributed by atoms with E-state index in [1.54, 1.807) is 24.3 Å². The molecule has 3 rings (SSSR count). The first kappa shape index (κ1) is 25.9. The Bertz CT molecular complexity index is 1040. The molecule has 1 aliphatic heterocycles. The van der Waals surface area contributed by atoms with Gasteiger partial charge in [-0.15, -0.1) is 0 Å². The summed E-state index contributed by atoms with van der Waals surface area (Å²) in [4.78, 5) is 34.5. The number of carbonyl (C=O) groups is 3. The van der Waals surface area contributed by atoms with E-state index in [4.69, 9.17) is 9.47 Å². The van der Waals surface area contributed by atoms with Gasteiger partial charge in [-0.2, -0.15) is 0 Å². The minimum absolute atomic E-state index is 0.345. The minimum atomic E-state index is -0.801. The number of carboxylic acid groups (broad SMARTS) is 1. The number of rotatable bonds is 10. The molecule has 2 atom stereocenters. The Kier molecular flexibility index (Phi) is 9.65. The van der Waals surface area contributed by atoms with Crippen LogP contribution in [0.15, 0.2) is 42.5 Å². The number of carbonyl (C=O) groups excluding carboxylic acids is 2. The van der Waals surface area contributed by atoms with Crippen molar-refractivity contribution in [2.75, 3.05) is 5.75 Å². The molecule has 2 unspecified atom stereocenters. The van der Waals surface area contributed by atoms with E-state index in [0.29, 0.717) is 28.7 Å². The van der Waals surface area contributed by atoms with Crippen LogP contribution in [0.25, 0.3) is 12.2 Å². The molecule has 8 heteroatoms. The molecule has 6 nitrogen and oxygen atoms in total. The first-order chi connectivity index (χ1) is 16.3. The molecule has 1 fully saturated rings. The Labute approximate surface area is 207 Å². The lowest BCUT2D eigenvalue weighted by atomic mass is 9.92. The molecular weight excluding hydrogens is 472 g/mol. The van der Waals surface area contributed by atoms with Crippen LogP contribution in [0.1, 0.15) is 62.1 Å². The SMILES string of the molecule is CC(=O)Oc1ccc(OC(C)=O)c(C=Cc2ccc(C(CCCC3CCSS3)C(=O)O)cc2)c1. The summed E-state index contributed by atoms with van der Waals surface area (Å²) in [5.74, 6) is -0.344. The molecule has 0 spiro atoms. The second-order valence-electron chi connectivity index (χ2n) is 8.04. The number of esters is 2. The van der Waals surface area contributed by atoms with Crippen LogP contribution in [0.4, 0.5) is 0 Å². The average Bonchev–Trinajstić information content (AvgIpc) is 3.30. The van der Waals surface area contributed by atoms with Gasteiger partial charge < -0.3 is 14.6 Å². The highest BCUT2D eigenvalue weighted by atomic mass is 33.1. The highest BCUT2D eigenvalue weighted by molar-refractivity contribution is 8.77. The van der Waals surface area contributed by atoms with E-state index in [9.17, 15) is 19.5 Å². The van der Waals surface area contributed by atoms with Crippen LogP contribution in [0.3, 0.4) is 0 Å². The van der Waals surface area contributed by atoms with Gasteiger partial charge in [0, 0.05) is 30.4 Å². The van der Waals surface area contributed by atoms with Gasteiger partial charge >= 0.3 is 17.9 Å². The van der Waals surface area contributed by atoms with E-state index in [-0.39, 0.29) is 0 Å². The summed E-state index contributed by atoms with van der Waals surface area (Å²) in [5.41, 5.74) is 2.22. The molecule has 0 radical (unpaired) electrons. The van der Waals surface area contributed by atoms with E-state index in [1.165, 1.54) is 26.0 Å². The molecule has 2 aromatic rings. The number of aliphatic carboxylic acids is 1. The van der Waals surface area contributed by atoms with Gasteiger partial charge in [0.15, 0.2) is 0 Å². The normalized spacial score (nSPS) is 16.4. The summed E-state index contributed by atoms with van der Waals surface area (Å²) in [6, 6.07) is 12.2. The van der Waals surface area contributed by atoms with Crippen LogP contribution >= 0.6 is 21.6 Å². The predicted molar refractivity (Wildman–Crippen MR) is 137 cm³/mol. The molecule has 1 aliphatic rings. The molecule has 1 N–H and O–H groups in total. The lowest BCUT2D eigenvalue weighted by Gasteiger charge is -2.14. The van der Waals surface area contributed by atoms with E-state index < -0.39 is 23.8 Å². The summed E-state index contributed by atoms with van der Waals surface area (Å²) < 4.78 is 10.4. The molecule has 0 saturated carbocycles. The van der Waals surface area contributed by atoms with Crippen LogP contribution in [0.2, 0.25) is 0 Å². The summed E-state index contributed by atoms with van der Waals surface area (Å²) >= 11 is 0. The lowest BCUT2D eigenvalue weighted by molar-refractivity contribution is -0.139. The van der Waals surface area contributed by atoms with Crippen molar-refractivity contribution in [3.63, 3.8) is 0 Å². The molecule has 34 heavy (non-hydrogen) atoms. The van der Waals surface area contributed by atoms with Gasteiger partial charge in [-0.3, -0.25) is 14.4 Å². The number of hydrogen-bond donors (Lipinski definition) is 1. The molecule has 1 saturated heterocycles. The smallest absolute Gasteiger partial charge is 0.310 e.